The molecule has 7 aromatic carbocycles. The number of rotatable bonds is 6. The van der Waals surface area contributed by atoms with Crippen molar-refractivity contribution < 1.29 is 4.74 Å². The number of hydrogen-bond acceptors (Lipinski definition) is 1. The van der Waals surface area contributed by atoms with Crippen molar-refractivity contribution >= 4 is 66.7 Å². The van der Waals surface area contributed by atoms with Crippen molar-refractivity contribution in [1.82, 2.24) is 9.13 Å². The van der Waals surface area contributed by atoms with Crippen LogP contribution in [0.25, 0.3) is 55.0 Å². The number of aromatic nitrogens is 2. The van der Waals surface area contributed by atoms with Crippen LogP contribution in [0.3, 0.4) is 0 Å². The van der Waals surface area contributed by atoms with Crippen LogP contribution in [-0.4, -0.2) is 15.8 Å². The molecule has 0 radical (unpaired) electrons. The molecule has 268 valence electrons. The summed E-state index contributed by atoms with van der Waals surface area (Å²) in [4.78, 5) is 0. The van der Waals surface area contributed by atoms with Crippen LogP contribution in [0.2, 0.25) is 0 Å². The summed E-state index contributed by atoms with van der Waals surface area (Å²) in [5.74, 6) is 3.08. The highest BCUT2D eigenvalue weighted by atomic mass is 16.5. The minimum absolute atomic E-state index is 0.0619. The van der Waals surface area contributed by atoms with Crippen LogP contribution in [0.15, 0.2) is 146 Å². The smallest absolute Gasteiger partial charge is 0.251 e. The Morgan fingerprint density at radius 3 is 1.55 bits per heavy atom. The number of hydrogen-bond donors (Lipinski definition) is 0. The Bertz CT molecular complexity index is 2920. The molecule has 2 aromatic heterocycles. The van der Waals surface area contributed by atoms with Crippen LogP contribution in [0, 0.1) is 0 Å². The Kier molecular flexibility index (Phi) is 7.82. The van der Waals surface area contributed by atoms with Crippen LogP contribution in [-0.2, 0) is 0 Å². The lowest BCUT2D eigenvalue weighted by Crippen LogP contribution is -2.57. The van der Waals surface area contributed by atoms with Crippen molar-refractivity contribution in [2.45, 2.75) is 59.3 Å². The fourth-order valence-corrected chi connectivity index (χ4v) is 9.31. The van der Waals surface area contributed by atoms with Gasteiger partial charge in [0.05, 0.1) is 22.1 Å². The molecule has 1 aliphatic rings. The van der Waals surface area contributed by atoms with Gasteiger partial charge in [-0.1, -0.05) is 138 Å². The van der Waals surface area contributed by atoms with Gasteiger partial charge < -0.3 is 13.9 Å². The molecule has 10 rings (SSSR count). The highest BCUT2D eigenvalue weighted by molar-refractivity contribution is 6.97. The molecule has 0 N–H and O–H groups in total. The second-order valence-corrected chi connectivity index (χ2v) is 16.3. The highest BCUT2D eigenvalue weighted by Gasteiger charge is 2.37. The van der Waals surface area contributed by atoms with E-state index in [0.29, 0.717) is 17.8 Å². The lowest BCUT2D eigenvalue weighted by Gasteiger charge is -2.32. The van der Waals surface area contributed by atoms with Crippen LogP contribution >= 0.6 is 0 Å². The molecule has 0 saturated carbocycles. The zero-order valence-electron chi connectivity index (χ0n) is 32.5. The van der Waals surface area contributed by atoms with Crippen molar-refractivity contribution in [1.29, 1.82) is 0 Å². The van der Waals surface area contributed by atoms with Gasteiger partial charge in [0.1, 0.15) is 11.5 Å². The molecule has 0 aliphatic carbocycles. The monoisotopic (exact) mass is 712 g/mol. The minimum atomic E-state index is 0.0619. The summed E-state index contributed by atoms with van der Waals surface area (Å²) >= 11 is 0. The summed E-state index contributed by atoms with van der Waals surface area (Å²) < 4.78 is 11.8. The maximum Gasteiger partial charge on any atom is 0.251 e. The van der Waals surface area contributed by atoms with E-state index in [1.807, 2.05) is 0 Å². The largest absolute Gasteiger partial charge is 0.458 e. The summed E-state index contributed by atoms with van der Waals surface area (Å²) in [6.07, 6.45) is 0. The summed E-state index contributed by atoms with van der Waals surface area (Å²) in [6.45, 7) is 14.1. The number of para-hydroxylation sites is 4. The van der Waals surface area contributed by atoms with E-state index in [-0.39, 0.29) is 6.71 Å². The zero-order valence-corrected chi connectivity index (χ0v) is 32.5. The average molecular weight is 713 g/mol. The topological polar surface area (TPSA) is 19.1 Å². The van der Waals surface area contributed by atoms with Crippen LogP contribution in [0.1, 0.15) is 76.0 Å². The van der Waals surface area contributed by atoms with E-state index in [9.17, 15) is 0 Å². The molecule has 55 heavy (non-hydrogen) atoms. The van der Waals surface area contributed by atoms with E-state index in [4.69, 9.17) is 4.74 Å². The summed E-state index contributed by atoms with van der Waals surface area (Å²) in [7, 11) is 0. The maximum atomic E-state index is 6.92. The first kappa shape index (κ1) is 33.6. The Morgan fingerprint density at radius 2 is 0.945 bits per heavy atom. The van der Waals surface area contributed by atoms with Crippen molar-refractivity contribution in [3.05, 3.63) is 162 Å². The second-order valence-electron chi connectivity index (χ2n) is 16.3. The van der Waals surface area contributed by atoms with Gasteiger partial charge in [-0.2, -0.15) is 0 Å². The van der Waals surface area contributed by atoms with Gasteiger partial charge in [0.25, 0.3) is 6.71 Å². The zero-order chi connectivity index (χ0) is 37.5. The van der Waals surface area contributed by atoms with E-state index in [2.05, 4.69) is 196 Å². The third-order valence-corrected chi connectivity index (χ3v) is 12.0. The van der Waals surface area contributed by atoms with Crippen LogP contribution in [0.4, 0.5) is 0 Å². The standard InChI is InChI=1S/C51H45BN2O/c1-31(2)34-26-39(32(3)4)51(40(27-34)33(5)6)52-43-20-12-15-23-49(43)55-50-28-36(24-25-44(50)52)54-46-22-14-11-19-38(46)42-29-47-41(30-48(42)54)37-18-10-13-21-45(37)53(47)35-16-8-7-9-17-35/h7-33H,1-6H3. The van der Waals surface area contributed by atoms with E-state index >= 15 is 0 Å². The molecule has 0 atom stereocenters. The summed E-state index contributed by atoms with van der Waals surface area (Å²) in [5.41, 5.74) is 15.2. The molecule has 0 unspecified atom stereocenters. The molecular formula is C51H45BN2O. The minimum Gasteiger partial charge on any atom is -0.458 e. The molecule has 0 fully saturated rings. The Hall–Kier alpha value is -6.00. The lowest BCUT2D eigenvalue weighted by molar-refractivity contribution is 0.487. The molecule has 0 amide bonds. The Labute approximate surface area is 323 Å². The number of fused-ring (bicyclic) bond motifs is 8. The lowest BCUT2D eigenvalue weighted by atomic mass is 9.34. The molecule has 0 bridgehead atoms. The first-order valence-electron chi connectivity index (χ1n) is 19.9. The van der Waals surface area contributed by atoms with Gasteiger partial charge in [0, 0.05) is 39.0 Å². The van der Waals surface area contributed by atoms with Gasteiger partial charge in [0.2, 0.25) is 0 Å². The van der Waals surface area contributed by atoms with Crippen molar-refractivity contribution in [3.63, 3.8) is 0 Å². The van der Waals surface area contributed by atoms with Crippen LogP contribution < -0.4 is 21.1 Å². The number of ether oxygens (including phenoxy) is 1. The Balaban J connectivity index is 1.23. The fraction of sp³-hybridized carbons (Fsp3) is 0.176. The summed E-state index contributed by atoms with van der Waals surface area (Å²) in [6, 6.07) is 53.7. The van der Waals surface area contributed by atoms with E-state index in [0.717, 1.165) is 17.2 Å². The molecule has 0 saturated heterocycles. The molecule has 4 heteroatoms. The van der Waals surface area contributed by atoms with Gasteiger partial charge in [-0.15, -0.1) is 0 Å². The Morgan fingerprint density at radius 1 is 0.418 bits per heavy atom. The predicted octanol–water partition coefficient (Wildman–Crippen LogP) is 11.9. The van der Waals surface area contributed by atoms with Gasteiger partial charge in [-0.25, -0.2) is 0 Å². The van der Waals surface area contributed by atoms with Gasteiger partial charge in [-0.05, 0) is 93.9 Å². The number of nitrogens with zero attached hydrogens (tertiary/aromatic N) is 2. The van der Waals surface area contributed by atoms with Crippen molar-refractivity contribution in [3.8, 4) is 22.9 Å². The van der Waals surface area contributed by atoms with Gasteiger partial charge in [-0.3, -0.25) is 0 Å². The first-order valence-corrected chi connectivity index (χ1v) is 19.9. The maximum absolute atomic E-state index is 6.92. The highest BCUT2D eigenvalue weighted by Crippen LogP contribution is 2.40. The van der Waals surface area contributed by atoms with E-state index in [1.165, 1.54) is 82.4 Å². The summed E-state index contributed by atoms with van der Waals surface area (Å²) in [5, 5.41) is 4.96. The molecule has 9 aromatic rings. The van der Waals surface area contributed by atoms with E-state index < -0.39 is 0 Å². The third kappa shape index (κ3) is 5.18. The van der Waals surface area contributed by atoms with Gasteiger partial charge >= 0.3 is 0 Å². The third-order valence-electron chi connectivity index (χ3n) is 12.0. The SMILES string of the molecule is CC(C)c1cc(C(C)C)c(B2c3ccccc3Oc3cc(-n4c5ccccc5c5cc6c(cc54)c4ccccc4n6-c4ccccc4)ccc32)c(C(C)C)c1. The molecule has 0 spiro atoms. The molecule has 3 nitrogen and oxygen atoms in total. The average Bonchev–Trinajstić information content (AvgIpc) is 3.70. The van der Waals surface area contributed by atoms with Crippen molar-refractivity contribution in [2.75, 3.05) is 0 Å². The molecular weight excluding hydrogens is 667 g/mol. The molecule has 1 aliphatic heterocycles. The first-order chi connectivity index (χ1) is 26.8. The predicted molar refractivity (Wildman–Crippen MR) is 235 cm³/mol. The van der Waals surface area contributed by atoms with Crippen molar-refractivity contribution in [2.24, 2.45) is 0 Å². The quantitative estimate of drug-likeness (QED) is 0.157. The number of benzene rings is 7. The van der Waals surface area contributed by atoms with Crippen LogP contribution in [0.5, 0.6) is 11.5 Å². The second kappa shape index (κ2) is 12.8. The fourth-order valence-electron chi connectivity index (χ4n) is 9.31. The van der Waals surface area contributed by atoms with E-state index in [1.54, 1.807) is 0 Å². The normalized spacial score (nSPS) is 12.8. The van der Waals surface area contributed by atoms with Gasteiger partial charge in [0.15, 0.2) is 0 Å². The molecule has 3 heterocycles.